The van der Waals surface area contributed by atoms with E-state index in [9.17, 15) is 14.4 Å². The molecule has 1 aromatic carbocycles. The number of likely N-dealkylation sites (N-methyl/N-ethyl adjacent to an activating group) is 1. The molecule has 0 aliphatic heterocycles. The number of nitrogens with one attached hydrogen (secondary N) is 2. The molecule has 0 saturated heterocycles. The summed E-state index contributed by atoms with van der Waals surface area (Å²) in [7, 11) is 3.82. The second kappa shape index (κ2) is 8.89. The van der Waals surface area contributed by atoms with Crippen molar-refractivity contribution in [2.24, 2.45) is 0 Å². The van der Waals surface area contributed by atoms with Crippen LogP contribution in [0.4, 0.5) is 11.4 Å². The summed E-state index contributed by atoms with van der Waals surface area (Å²) in [5.74, 6) is -0.547. The van der Waals surface area contributed by atoms with Gasteiger partial charge in [-0.3, -0.25) is 14.4 Å². The summed E-state index contributed by atoms with van der Waals surface area (Å²) in [5.41, 5.74) is 1.27. The van der Waals surface area contributed by atoms with Gasteiger partial charge in [0.15, 0.2) is 0 Å². The molecule has 7 heteroatoms. The lowest BCUT2D eigenvalue weighted by Gasteiger charge is -2.22. The number of benzene rings is 1. The van der Waals surface area contributed by atoms with Crippen LogP contribution in [0.5, 0.6) is 0 Å². The van der Waals surface area contributed by atoms with Gasteiger partial charge in [0, 0.05) is 38.3 Å². The summed E-state index contributed by atoms with van der Waals surface area (Å²) in [6, 6.07) is 6.79. The maximum absolute atomic E-state index is 12.0. The van der Waals surface area contributed by atoms with Gasteiger partial charge in [-0.05, 0) is 38.4 Å². The molecule has 0 heterocycles. The average molecular weight is 320 g/mol. The van der Waals surface area contributed by atoms with Gasteiger partial charge in [-0.1, -0.05) is 0 Å². The van der Waals surface area contributed by atoms with E-state index in [0.29, 0.717) is 24.5 Å². The van der Waals surface area contributed by atoms with E-state index in [2.05, 4.69) is 10.6 Å². The molecule has 0 spiro atoms. The molecule has 0 radical (unpaired) electrons. The number of rotatable bonds is 7. The quantitative estimate of drug-likeness (QED) is 0.785. The number of carbonyl (C=O) groups excluding carboxylic acids is 3. The van der Waals surface area contributed by atoms with Crippen LogP contribution in [0.2, 0.25) is 0 Å². The first-order valence-corrected chi connectivity index (χ1v) is 7.35. The van der Waals surface area contributed by atoms with Crippen LogP contribution >= 0.6 is 0 Å². The van der Waals surface area contributed by atoms with Crippen LogP contribution < -0.4 is 10.6 Å². The highest BCUT2D eigenvalue weighted by Crippen LogP contribution is 2.13. The second-order valence-corrected chi connectivity index (χ2v) is 5.55. The summed E-state index contributed by atoms with van der Waals surface area (Å²) in [6.07, 6.45) is 0. The molecule has 0 aliphatic rings. The van der Waals surface area contributed by atoms with Crippen molar-refractivity contribution >= 4 is 29.1 Å². The van der Waals surface area contributed by atoms with Gasteiger partial charge in [-0.2, -0.15) is 0 Å². The molecule has 0 aliphatic carbocycles. The number of hydrogen-bond acceptors (Lipinski definition) is 4. The first kappa shape index (κ1) is 18.6. The monoisotopic (exact) mass is 320 g/mol. The van der Waals surface area contributed by atoms with E-state index < -0.39 is 0 Å². The molecule has 23 heavy (non-hydrogen) atoms. The third kappa shape index (κ3) is 7.42. The minimum Gasteiger partial charge on any atom is -0.332 e. The fourth-order valence-corrected chi connectivity index (χ4v) is 1.88. The second-order valence-electron chi connectivity index (χ2n) is 5.55. The summed E-state index contributed by atoms with van der Waals surface area (Å²) < 4.78 is 0. The highest BCUT2D eigenvalue weighted by molar-refractivity contribution is 5.95. The Morgan fingerprint density at radius 3 is 1.87 bits per heavy atom. The van der Waals surface area contributed by atoms with Crippen molar-refractivity contribution in [2.75, 3.05) is 44.4 Å². The normalized spacial score (nSPS) is 10.3. The van der Waals surface area contributed by atoms with Crippen molar-refractivity contribution in [3.8, 4) is 0 Å². The molecule has 0 saturated carbocycles. The van der Waals surface area contributed by atoms with E-state index in [-0.39, 0.29) is 24.3 Å². The lowest BCUT2D eigenvalue weighted by Crippen LogP contribution is -2.40. The SMILES string of the molecule is CC(=O)Nc1ccc(NC(=O)CN(CCN(C)C)C(C)=O)cc1. The van der Waals surface area contributed by atoms with E-state index in [1.807, 2.05) is 19.0 Å². The highest BCUT2D eigenvalue weighted by atomic mass is 16.2. The molecule has 1 aromatic rings. The Kier molecular flexibility index (Phi) is 7.21. The number of amides is 3. The van der Waals surface area contributed by atoms with Gasteiger partial charge in [0.1, 0.15) is 0 Å². The predicted molar refractivity (Wildman–Crippen MR) is 90.2 cm³/mol. The fourth-order valence-electron chi connectivity index (χ4n) is 1.88. The van der Waals surface area contributed by atoms with Crippen LogP contribution in [-0.4, -0.2) is 61.3 Å². The number of nitrogens with zero attached hydrogens (tertiary/aromatic N) is 2. The Morgan fingerprint density at radius 2 is 1.43 bits per heavy atom. The average Bonchev–Trinajstić information content (AvgIpc) is 2.44. The topological polar surface area (TPSA) is 81.8 Å². The Labute approximate surface area is 136 Å². The lowest BCUT2D eigenvalue weighted by atomic mass is 10.2. The third-order valence-electron chi connectivity index (χ3n) is 3.09. The van der Waals surface area contributed by atoms with Crippen LogP contribution in [0.25, 0.3) is 0 Å². The van der Waals surface area contributed by atoms with Crippen LogP contribution in [-0.2, 0) is 14.4 Å². The van der Waals surface area contributed by atoms with Crippen LogP contribution in [0.15, 0.2) is 24.3 Å². The molecule has 1 rings (SSSR count). The summed E-state index contributed by atoms with van der Waals surface area (Å²) >= 11 is 0. The Morgan fingerprint density at radius 1 is 0.913 bits per heavy atom. The van der Waals surface area contributed by atoms with Crippen molar-refractivity contribution < 1.29 is 14.4 Å². The van der Waals surface area contributed by atoms with E-state index in [1.54, 1.807) is 24.3 Å². The summed E-state index contributed by atoms with van der Waals surface area (Å²) in [5, 5.41) is 5.39. The van der Waals surface area contributed by atoms with Gasteiger partial charge < -0.3 is 20.4 Å². The smallest absolute Gasteiger partial charge is 0.243 e. The first-order valence-electron chi connectivity index (χ1n) is 7.35. The molecule has 2 N–H and O–H groups in total. The molecular formula is C16H24N4O3. The van der Waals surface area contributed by atoms with Crippen molar-refractivity contribution in [3.05, 3.63) is 24.3 Å². The molecule has 0 unspecified atom stereocenters. The summed E-state index contributed by atoms with van der Waals surface area (Å²) in [6.45, 7) is 4.08. The predicted octanol–water partition coefficient (Wildman–Crippen LogP) is 0.994. The molecule has 0 fully saturated rings. The van der Waals surface area contributed by atoms with E-state index in [1.165, 1.54) is 18.7 Å². The van der Waals surface area contributed by atoms with Crippen LogP contribution in [0.1, 0.15) is 13.8 Å². The number of anilines is 2. The van der Waals surface area contributed by atoms with Gasteiger partial charge in [-0.15, -0.1) is 0 Å². The van der Waals surface area contributed by atoms with Gasteiger partial charge in [-0.25, -0.2) is 0 Å². The zero-order valence-corrected chi connectivity index (χ0v) is 14.0. The minimum atomic E-state index is -0.258. The number of carbonyl (C=O) groups is 3. The van der Waals surface area contributed by atoms with Gasteiger partial charge in [0.25, 0.3) is 0 Å². The van der Waals surface area contributed by atoms with Crippen LogP contribution in [0.3, 0.4) is 0 Å². The largest absolute Gasteiger partial charge is 0.332 e. The van der Waals surface area contributed by atoms with Gasteiger partial charge >= 0.3 is 0 Å². The minimum absolute atomic E-state index is 0.0105. The van der Waals surface area contributed by atoms with E-state index >= 15 is 0 Å². The zero-order chi connectivity index (χ0) is 17.4. The molecule has 7 nitrogen and oxygen atoms in total. The molecule has 0 aromatic heterocycles. The van der Waals surface area contributed by atoms with E-state index in [4.69, 9.17) is 0 Å². The molecule has 126 valence electrons. The molecule has 0 atom stereocenters. The zero-order valence-electron chi connectivity index (χ0n) is 14.0. The fraction of sp³-hybridized carbons (Fsp3) is 0.438. The summed E-state index contributed by atoms with van der Waals surface area (Å²) in [4.78, 5) is 38.0. The van der Waals surface area contributed by atoms with Crippen molar-refractivity contribution in [2.45, 2.75) is 13.8 Å². The highest BCUT2D eigenvalue weighted by Gasteiger charge is 2.13. The molecule has 3 amide bonds. The Balaban J connectivity index is 2.56. The van der Waals surface area contributed by atoms with Crippen molar-refractivity contribution in [1.29, 1.82) is 0 Å². The Bertz CT molecular complexity index is 555. The third-order valence-corrected chi connectivity index (χ3v) is 3.09. The van der Waals surface area contributed by atoms with Gasteiger partial charge in [0.2, 0.25) is 17.7 Å². The van der Waals surface area contributed by atoms with E-state index in [0.717, 1.165) is 0 Å². The van der Waals surface area contributed by atoms with Crippen molar-refractivity contribution in [1.82, 2.24) is 9.80 Å². The maximum Gasteiger partial charge on any atom is 0.243 e. The standard InChI is InChI=1S/C16H24N4O3/c1-12(21)17-14-5-7-15(8-6-14)18-16(23)11-20(13(2)22)10-9-19(3)4/h5-8H,9-11H2,1-4H3,(H,17,21)(H,18,23). The Hall–Kier alpha value is -2.41. The molecular weight excluding hydrogens is 296 g/mol. The maximum atomic E-state index is 12.0. The van der Waals surface area contributed by atoms with Crippen LogP contribution in [0, 0.1) is 0 Å². The lowest BCUT2D eigenvalue weighted by molar-refractivity contribution is -0.132. The number of hydrogen-bond donors (Lipinski definition) is 2. The van der Waals surface area contributed by atoms with Gasteiger partial charge in [0.05, 0.1) is 6.54 Å². The van der Waals surface area contributed by atoms with Crippen molar-refractivity contribution in [3.63, 3.8) is 0 Å². The molecule has 0 bridgehead atoms. The first-order chi connectivity index (χ1) is 10.8.